The van der Waals surface area contributed by atoms with Gasteiger partial charge in [-0.3, -0.25) is 10.4 Å². The molecule has 0 aliphatic rings. The number of hydrogen-bond acceptors (Lipinski definition) is 6. The number of para-hydroxylation sites is 1. The molecular formula is C9H9N2O4-. The smallest absolute Gasteiger partial charge is 0.0742 e. The van der Waals surface area contributed by atoms with Gasteiger partial charge in [0.15, 0.2) is 0 Å². The molecule has 15 heavy (non-hydrogen) atoms. The molecule has 6 heteroatoms. The average molecular weight is 209 g/mol. The van der Waals surface area contributed by atoms with Gasteiger partial charge < -0.3 is 15.2 Å². The van der Waals surface area contributed by atoms with E-state index in [4.69, 9.17) is 10.4 Å². The highest BCUT2D eigenvalue weighted by Crippen LogP contribution is 2.13. The molecule has 0 unspecified atom stereocenters. The van der Waals surface area contributed by atoms with Gasteiger partial charge >= 0.3 is 0 Å². The first-order valence-electron chi connectivity index (χ1n) is 4.02. The third-order valence-electron chi connectivity index (χ3n) is 1.59. The Hall–Kier alpha value is -2.05. The molecule has 0 radical (unpaired) electrons. The predicted molar refractivity (Wildman–Crippen MR) is 48.9 cm³/mol. The van der Waals surface area contributed by atoms with Crippen LogP contribution in [-0.2, 0) is 0 Å². The van der Waals surface area contributed by atoms with Crippen molar-refractivity contribution in [2.24, 2.45) is 0 Å². The van der Waals surface area contributed by atoms with Gasteiger partial charge in [0.05, 0.1) is 12.2 Å². The van der Waals surface area contributed by atoms with Crippen LogP contribution in [-0.4, -0.2) is 21.6 Å². The SMILES string of the molecule is O=C([O-])c1ccccc1NC=CN(O)O. The summed E-state index contributed by atoms with van der Waals surface area (Å²) in [5.41, 5.74) is 0.292. The average Bonchev–Trinajstić information content (AvgIpc) is 2.17. The molecule has 6 nitrogen and oxygen atoms in total. The number of hydrogen-bond donors (Lipinski definition) is 3. The lowest BCUT2D eigenvalue weighted by Crippen LogP contribution is -2.23. The van der Waals surface area contributed by atoms with Gasteiger partial charge in [-0.15, -0.1) is 5.23 Å². The van der Waals surface area contributed by atoms with Gasteiger partial charge in [0.25, 0.3) is 0 Å². The molecule has 1 rings (SSSR count). The number of benzene rings is 1. The van der Waals surface area contributed by atoms with Gasteiger partial charge in [-0.05, 0) is 6.07 Å². The van der Waals surface area contributed by atoms with Crippen LogP contribution in [0.2, 0.25) is 0 Å². The van der Waals surface area contributed by atoms with Crippen LogP contribution < -0.4 is 10.4 Å². The van der Waals surface area contributed by atoms with Crippen molar-refractivity contribution in [1.82, 2.24) is 5.23 Å². The zero-order chi connectivity index (χ0) is 11.3. The van der Waals surface area contributed by atoms with E-state index < -0.39 is 5.97 Å². The summed E-state index contributed by atoms with van der Waals surface area (Å²) < 4.78 is 0. The Bertz CT molecular complexity index is 376. The van der Waals surface area contributed by atoms with E-state index >= 15 is 0 Å². The van der Waals surface area contributed by atoms with Crippen molar-refractivity contribution in [3.05, 3.63) is 42.2 Å². The quantitative estimate of drug-likeness (QED) is 0.605. The maximum atomic E-state index is 10.6. The summed E-state index contributed by atoms with van der Waals surface area (Å²) in [6.07, 6.45) is 2.06. The molecule has 80 valence electrons. The second kappa shape index (κ2) is 4.99. The number of carbonyl (C=O) groups is 1. The fourth-order valence-electron chi connectivity index (χ4n) is 0.981. The van der Waals surface area contributed by atoms with Crippen molar-refractivity contribution in [3.63, 3.8) is 0 Å². The van der Waals surface area contributed by atoms with Gasteiger partial charge in [0.2, 0.25) is 0 Å². The van der Waals surface area contributed by atoms with Crippen LogP contribution in [0.15, 0.2) is 36.7 Å². The minimum Gasteiger partial charge on any atom is -0.545 e. The van der Waals surface area contributed by atoms with Crippen LogP contribution in [0.5, 0.6) is 0 Å². The molecule has 1 aromatic rings. The molecule has 0 spiro atoms. The summed E-state index contributed by atoms with van der Waals surface area (Å²) >= 11 is 0. The Labute approximate surface area is 85.6 Å². The molecule has 0 heterocycles. The first-order valence-corrected chi connectivity index (χ1v) is 4.02. The van der Waals surface area contributed by atoms with Crippen molar-refractivity contribution >= 4 is 11.7 Å². The lowest BCUT2D eigenvalue weighted by Gasteiger charge is -2.09. The summed E-state index contributed by atoms with van der Waals surface area (Å²) in [5.74, 6) is -1.31. The van der Waals surface area contributed by atoms with Crippen molar-refractivity contribution in [2.75, 3.05) is 5.32 Å². The summed E-state index contributed by atoms with van der Waals surface area (Å²) in [6, 6.07) is 6.10. The van der Waals surface area contributed by atoms with Crippen LogP contribution in [0.25, 0.3) is 0 Å². The fraction of sp³-hybridized carbons (Fsp3) is 0. The second-order valence-electron chi connectivity index (χ2n) is 2.61. The molecule has 0 saturated carbocycles. The number of carboxylic acid groups (broad SMARTS) is 1. The van der Waals surface area contributed by atoms with Gasteiger partial charge in [-0.2, -0.15) is 0 Å². The van der Waals surface area contributed by atoms with Crippen LogP contribution in [0.4, 0.5) is 5.69 Å². The van der Waals surface area contributed by atoms with Crippen LogP contribution >= 0.6 is 0 Å². The lowest BCUT2D eigenvalue weighted by molar-refractivity contribution is -0.267. The van der Waals surface area contributed by atoms with Crippen molar-refractivity contribution in [3.8, 4) is 0 Å². The Balaban J connectivity index is 2.80. The van der Waals surface area contributed by atoms with E-state index in [1.54, 1.807) is 12.1 Å². The predicted octanol–water partition coefficient (Wildman–Crippen LogP) is 0.0136. The number of nitrogens with zero attached hydrogens (tertiary/aromatic N) is 1. The van der Waals surface area contributed by atoms with E-state index in [1.165, 1.54) is 18.3 Å². The highest BCUT2D eigenvalue weighted by Gasteiger charge is 1.99. The zero-order valence-corrected chi connectivity index (χ0v) is 7.62. The molecule has 0 fully saturated rings. The molecule has 0 amide bonds. The highest BCUT2D eigenvalue weighted by molar-refractivity contribution is 5.92. The third-order valence-corrected chi connectivity index (χ3v) is 1.59. The number of aromatic carboxylic acids is 1. The highest BCUT2D eigenvalue weighted by atomic mass is 16.8. The normalized spacial score (nSPS) is 10.3. The minimum absolute atomic E-state index is 0.00965. The van der Waals surface area contributed by atoms with Crippen LogP contribution in [0.3, 0.4) is 0 Å². The van der Waals surface area contributed by atoms with Gasteiger partial charge in [-0.25, -0.2) is 0 Å². The molecule has 0 atom stereocenters. The Morgan fingerprint density at radius 3 is 2.67 bits per heavy atom. The molecule has 3 N–H and O–H groups in total. The van der Waals surface area contributed by atoms with E-state index in [1.807, 2.05) is 0 Å². The monoisotopic (exact) mass is 209 g/mol. The summed E-state index contributed by atoms with van der Waals surface area (Å²) in [4.78, 5) is 10.6. The standard InChI is InChI=1S/C9H10N2O4/c12-9(13)7-3-1-2-4-8(7)10-5-6-11(14)15/h1-6,10,14-15H,(H,12,13)/p-1. The van der Waals surface area contributed by atoms with Gasteiger partial charge in [0, 0.05) is 17.5 Å². The van der Waals surface area contributed by atoms with Crippen molar-refractivity contribution in [1.29, 1.82) is 0 Å². The van der Waals surface area contributed by atoms with Gasteiger partial charge in [-0.1, -0.05) is 18.2 Å². The maximum Gasteiger partial charge on any atom is 0.0742 e. The Morgan fingerprint density at radius 2 is 2.07 bits per heavy atom. The molecule has 0 bridgehead atoms. The van der Waals surface area contributed by atoms with Crippen LogP contribution in [0.1, 0.15) is 10.4 Å². The number of nitrogens with one attached hydrogen (secondary N) is 1. The summed E-state index contributed by atoms with van der Waals surface area (Å²) in [5, 5.41) is 29.7. The number of hydroxylamine groups is 2. The van der Waals surface area contributed by atoms with Crippen molar-refractivity contribution in [2.45, 2.75) is 0 Å². The minimum atomic E-state index is -1.31. The van der Waals surface area contributed by atoms with Gasteiger partial charge in [0.1, 0.15) is 0 Å². The Kier molecular flexibility index (Phi) is 3.67. The zero-order valence-electron chi connectivity index (χ0n) is 7.62. The first-order chi connectivity index (χ1) is 7.11. The molecule has 1 aromatic carbocycles. The van der Waals surface area contributed by atoms with Crippen LogP contribution in [0, 0.1) is 0 Å². The lowest BCUT2D eigenvalue weighted by atomic mass is 10.2. The molecule has 0 saturated heterocycles. The fourth-order valence-corrected chi connectivity index (χ4v) is 0.981. The van der Waals surface area contributed by atoms with E-state index in [2.05, 4.69) is 5.32 Å². The third kappa shape index (κ3) is 3.29. The number of carbonyl (C=O) groups excluding carboxylic acids is 1. The maximum absolute atomic E-state index is 10.6. The largest absolute Gasteiger partial charge is 0.545 e. The van der Waals surface area contributed by atoms with E-state index in [-0.39, 0.29) is 10.8 Å². The molecule has 0 aromatic heterocycles. The first kappa shape index (κ1) is 11.0. The molecule has 0 aliphatic carbocycles. The summed E-state index contributed by atoms with van der Waals surface area (Å²) in [6.45, 7) is 0. The molecule has 0 aliphatic heterocycles. The number of rotatable bonds is 4. The number of carboxylic acids is 1. The topological polar surface area (TPSA) is 95.9 Å². The molecular weight excluding hydrogens is 200 g/mol. The van der Waals surface area contributed by atoms with E-state index in [0.717, 1.165) is 6.20 Å². The van der Waals surface area contributed by atoms with E-state index in [9.17, 15) is 9.90 Å². The Morgan fingerprint density at radius 1 is 1.40 bits per heavy atom. The second-order valence-corrected chi connectivity index (χ2v) is 2.61. The van der Waals surface area contributed by atoms with E-state index in [0.29, 0.717) is 5.69 Å². The summed E-state index contributed by atoms with van der Waals surface area (Å²) in [7, 11) is 0. The number of anilines is 1. The van der Waals surface area contributed by atoms with Crippen molar-refractivity contribution < 1.29 is 20.3 Å².